The Morgan fingerprint density at radius 3 is 2.67 bits per heavy atom. The van der Waals surface area contributed by atoms with E-state index in [-0.39, 0.29) is 5.95 Å². The number of anilines is 1. The summed E-state index contributed by atoms with van der Waals surface area (Å²) >= 11 is 1.56. The minimum Gasteiger partial charge on any atom is -0.366 e. The van der Waals surface area contributed by atoms with Crippen LogP contribution in [0.4, 0.5) is 5.95 Å². The molecule has 0 saturated carbocycles. The van der Waals surface area contributed by atoms with Crippen LogP contribution in [0.1, 0.15) is 30.3 Å². The van der Waals surface area contributed by atoms with Crippen LogP contribution in [0.25, 0.3) is 27.3 Å². The highest BCUT2D eigenvalue weighted by Crippen LogP contribution is 2.33. The molecule has 4 heterocycles. The maximum atomic E-state index is 5.88. The highest BCUT2D eigenvalue weighted by atomic mass is 32.1. The molecule has 4 aromatic heterocycles. The molecule has 30 heavy (non-hydrogen) atoms. The SMILES string of the molecule is CC(C)c1nnc(-c2cc(-c3cnn(Cc4ccccc4)c3)cn3nc(N)nc23)s1. The van der Waals surface area contributed by atoms with Crippen LogP contribution in [-0.2, 0) is 6.54 Å². The van der Waals surface area contributed by atoms with Crippen molar-refractivity contribution >= 4 is 22.9 Å². The molecule has 0 aliphatic heterocycles. The van der Waals surface area contributed by atoms with E-state index in [0.717, 1.165) is 26.7 Å². The quantitative estimate of drug-likeness (QED) is 0.467. The minimum absolute atomic E-state index is 0.224. The lowest BCUT2D eigenvalue weighted by Crippen LogP contribution is -1.99. The van der Waals surface area contributed by atoms with Crippen LogP contribution in [0.2, 0.25) is 0 Å². The number of pyridine rings is 1. The van der Waals surface area contributed by atoms with Gasteiger partial charge >= 0.3 is 0 Å². The highest BCUT2D eigenvalue weighted by Gasteiger charge is 2.17. The van der Waals surface area contributed by atoms with Gasteiger partial charge in [-0.2, -0.15) is 10.1 Å². The highest BCUT2D eigenvalue weighted by molar-refractivity contribution is 7.14. The van der Waals surface area contributed by atoms with Crippen LogP contribution in [0.15, 0.2) is 55.0 Å². The fourth-order valence-electron chi connectivity index (χ4n) is 3.26. The molecule has 0 amide bonds. The van der Waals surface area contributed by atoms with Crippen molar-refractivity contribution in [1.29, 1.82) is 0 Å². The maximum Gasteiger partial charge on any atom is 0.240 e. The molecule has 9 heteroatoms. The van der Waals surface area contributed by atoms with Crippen LogP contribution in [0, 0.1) is 0 Å². The lowest BCUT2D eigenvalue weighted by atomic mass is 10.1. The predicted molar refractivity (Wildman–Crippen MR) is 117 cm³/mol. The standard InChI is InChI=1S/C21H20N8S/c1-13(2)19-25-26-20(30-19)17-8-15(12-29-18(17)24-21(22)27-29)16-9-23-28(11-16)10-14-6-4-3-5-7-14/h3-9,11-13H,10H2,1-2H3,(H2,22,27). The summed E-state index contributed by atoms with van der Waals surface area (Å²) in [7, 11) is 0. The Morgan fingerprint density at radius 1 is 1.07 bits per heavy atom. The molecule has 0 atom stereocenters. The van der Waals surface area contributed by atoms with Gasteiger partial charge in [-0.15, -0.1) is 15.3 Å². The molecular weight excluding hydrogens is 396 g/mol. The van der Waals surface area contributed by atoms with E-state index in [9.17, 15) is 0 Å². The monoisotopic (exact) mass is 416 g/mol. The van der Waals surface area contributed by atoms with Gasteiger partial charge in [0.05, 0.1) is 18.3 Å². The number of fused-ring (bicyclic) bond motifs is 1. The average Bonchev–Trinajstić information content (AvgIpc) is 3.46. The Balaban J connectivity index is 1.57. The van der Waals surface area contributed by atoms with E-state index in [4.69, 9.17) is 5.73 Å². The number of nitrogen functional groups attached to an aromatic ring is 1. The zero-order chi connectivity index (χ0) is 20.7. The summed E-state index contributed by atoms with van der Waals surface area (Å²) in [6.45, 7) is 4.92. The molecule has 5 aromatic rings. The molecule has 150 valence electrons. The van der Waals surface area contributed by atoms with Crippen molar-refractivity contribution in [3.8, 4) is 21.7 Å². The first kappa shape index (κ1) is 18.4. The maximum absolute atomic E-state index is 5.88. The molecule has 0 aliphatic rings. The molecular formula is C21H20N8S. The smallest absolute Gasteiger partial charge is 0.240 e. The van der Waals surface area contributed by atoms with E-state index in [0.29, 0.717) is 18.1 Å². The third-order valence-electron chi connectivity index (χ3n) is 4.77. The van der Waals surface area contributed by atoms with Gasteiger partial charge in [-0.1, -0.05) is 55.5 Å². The van der Waals surface area contributed by atoms with Gasteiger partial charge in [-0.05, 0) is 11.6 Å². The van der Waals surface area contributed by atoms with Crippen LogP contribution in [0.3, 0.4) is 0 Å². The third kappa shape index (κ3) is 3.43. The van der Waals surface area contributed by atoms with Gasteiger partial charge in [0.25, 0.3) is 0 Å². The van der Waals surface area contributed by atoms with Gasteiger partial charge in [-0.25, -0.2) is 4.52 Å². The lowest BCUT2D eigenvalue weighted by molar-refractivity contribution is 0.687. The molecule has 0 spiro atoms. The Labute approximate surface area is 177 Å². The van der Waals surface area contributed by atoms with Crippen molar-refractivity contribution in [3.05, 3.63) is 65.6 Å². The Hall–Kier alpha value is -3.59. The van der Waals surface area contributed by atoms with E-state index in [1.807, 2.05) is 41.5 Å². The summed E-state index contributed by atoms with van der Waals surface area (Å²) in [5.41, 5.74) is 10.5. The number of hydrogen-bond donors (Lipinski definition) is 1. The topological polar surface area (TPSA) is 99.8 Å². The summed E-state index contributed by atoms with van der Waals surface area (Å²) in [5, 5.41) is 19.3. The largest absolute Gasteiger partial charge is 0.366 e. The van der Waals surface area contributed by atoms with Gasteiger partial charge in [0, 0.05) is 29.4 Å². The second-order valence-corrected chi connectivity index (χ2v) is 8.40. The van der Waals surface area contributed by atoms with Crippen molar-refractivity contribution in [2.45, 2.75) is 26.3 Å². The lowest BCUT2D eigenvalue weighted by Gasteiger charge is -2.04. The molecule has 2 N–H and O–H groups in total. The zero-order valence-corrected chi connectivity index (χ0v) is 17.4. The molecule has 0 fully saturated rings. The van der Waals surface area contributed by atoms with Crippen LogP contribution < -0.4 is 5.73 Å². The first-order chi connectivity index (χ1) is 14.6. The van der Waals surface area contributed by atoms with Crippen molar-refractivity contribution < 1.29 is 0 Å². The molecule has 0 unspecified atom stereocenters. The van der Waals surface area contributed by atoms with Crippen molar-refractivity contribution in [2.24, 2.45) is 0 Å². The van der Waals surface area contributed by atoms with Gasteiger partial charge in [0.2, 0.25) is 5.95 Å². The van der Waals surface area contributed by atoms with E-state index in [1.54, 1.807) is 15.9 Å². The number of rotatable bonds is 5. The van der Waals surface area contributed by atoms with Gasteiger partial charge in [-0.3, -0.25) is 4.68 Å². The van der Waals surface area contributed by atoms with Crippen LogP contribution >= 0.6 is 11.3 Å². The molecule has 0 saturated heterocycles. The first-order valence-corrected chi connectivity index (χ1v) is 10.4. The number of nitrogens with zero attached hydrogens (tertiary/aromatic N) is 7. The number of nitrogens with two attached hydrogens (primary N) is 1. The van der Waals surface area contributed by atoms with Gasteiger partial charge < -0.3 is 5.73 Å². The second kappa shape index (κ2) is 7.34. The van der Waals surface area contributed by atoms with Crippen molar-refractivity contribution in [1.82, 2.24) is 34.6 Å². The summed E-state index contributed by atoms with van der Waals surface area (Å²) < 4.78 is 3.62. The normalized spacial score (nSPS) is 11.6. The number of hydrogen-bond acceptors (Lipinski definition) is 7. The third-order valence-corrected chi connectivity index (χ3v) is 6.03. The van der Waals surface area contributed by atoms with E-state index < -0.39 is 0 Å². The Kier molecular flexibility index (Phi) is 4.51. The molecule has 8 nitrogen and oxygen atoms in total. The van der Waals surface area contributed by atoms with Crippen LogP contribution in [-0.4, -0.2) is 34.6 Å². The zero-order valence-electron chi connectivity index (χ0n) is 16.6. The molecule has 0 radical (unpaired) electrons. The molecule has 0 aliphatic carbocycles. The average molecular weight is 417 g/mol. The van der Waals surface area contributed by atoms with E-state index in [2.05, 4.69) is 57.4 Å². The summed E-state index contributed by atoms with van der Waals surface area (Å²) in [5.74, 6) is 0.538. The van der Waals surface area contributed by atoms with Crippen molar-refractivity contribution in [3.63, 3.8) is 0 Å². The number of aromatic nitrogens is 7. The van der Waals surface area contributed by atoms with Gasteiger partial charge in [0.1, 0.15) is 5.01 Å². The molecule has 0 bridgehead atoms. The Morgan fingerprint density at radius 2 is 1.90 bits per heavy atom. The number of benzene rings is 1. The van der Waals surface area contributed by atoms with Gasteiger partial charge in [0.15, 0.2) is 10.7 Å². The van der Waals surface area contributed by atoms with E-state index >= 15 is 0 Å². The summed E-state index contributed by atoms with van der Waals surface area (Å²) in [4.78, 5) is 4.39. The minimum atomic E-state index is 0.224. The Bertz CT molecular complexity index is 1320. The fourth-order valence-corrected chi connectivity index (χ4v) is 4.12. The summed E-state index contributed by atoms with van der Waals surface area (Å²) in [6.07, 6.45) is 5.79. The predicted octanol–water partition coefficient (Wildman–Crippen LogP) is 3.87. The van der Waals surface area contributed by atoms with E-state index in [1.165, 1.54) is 5.56 Å². The van der Waals surface area contributed by atoms with Crippen LogP contribution in [0.5, 0.6) is 0 Å². The molecule has 5 rings (SSSR count). The fraction of sp³-hybridized carbons (Fsp3) is 0.190. The van der Waals surface area contributed by atoms with Crippen molar-refractivity contribution in [2.75, 3.05) is 5.73 Å². The second-order valence-electron chi connectivity index (χ2n) is 7.39. The summed E-state index contributed by atoms with van der Waals surface area (Å²) in [6, 6.07) is 12.3. The molecule has 1 aromatic carbocycles. The first-order valence-electron chi connectivity index (χ1n) is 9.63.